The van der Waals surface area contributed by atoms with Crippen LogP contribution in [0.2, 0.25) is 0 Å². The molecule has 108 valence electrons. The summed E-state index contributed by atoms with van der Waals surface area (Å²) in [5.74, 6) is 1.65. The highest BCUT2D eigenvalue weighted by Gasteiger charge is 2.34. The molecule has 1 unspecified atom stereocenters. The fraction of sp³-hybridized carbons (Fsp3) is 1.00. The Kier molecular flexibility index (Phi) is 6.13. The third-order valence-electron chi connectivity index (χ3n) is 4.51. The number of nitrogens with zero attached hydrogens (tertiary/aromatic N) is 1. The molecule has 1 atom stereocenters. The molecule has 0 amide bonds. The molecule has 1 fully saturated rings. The third-order valence-corrected chi connectivity index (χ3v) is 4.51. The summed E-state index contributed by atoms with van der Waals surface area (Å²) in [7, 11) is 0. The van der Waals surface area contributed by atoms with E-state index >= 15 is 0 Å². The first-order valence-corrected chi connectivity index (χ1v) is 7.87. The average Bonchev–Trinajstić information content (AvgIpc) is 2.29. The van der Waals surface area contributed by atoms with Crippen LogP contribution in [0, 0.1) is 11.8 Å². The van der Waals surface area contributed by atoms with E-state index in [0.29, 0.717) is 11.6 Å². The highest BCUT2D eigenvalue weighted by atomic mass is 15.3. The van der Waals surface area contributed by atoms with Crippen LogP contribution in [0.5, 0.6) is 0 Å². The Hall–Kier alpha value is -0.0800. The minimum Gasteiger partial charge on any atom is -0.311 e. The standard InChI is InChI=1S/C16H34N2/c1-7-14(8-2)10-18-11-15(9-13(3)4)17-12-16(18,5)6/h13-15,17H,7-12H2,1-6H3. The van der Waals surface area contributed by atoms with Gasteiger partial charge in [-0.25, -0.2) is 0 Å². The minimum absolute atomic E-state index is 0.316. The molecule has 0 aromatic carbocycles. The van der Waals surface area contributed by atoms with Gasteiger partial charge in [-0.1, -0.05) is 40.5 Å². The summed E-state index contributed by atoms with van der Waals surface area (Å²) in [5.41, 5.74) is 0.316. The van der Waals surface area contributed by atoms with E-state index in [-0.39, 0.29) is 0 Å². The van der Waals surface area contributed by atoms with Crippen molar-refractivity contribution in [2.24, 2.45) is 11.8 Å². The zero-order valence-corrected chi connectivity index (χ0v) is 13.4. The van der Waals surface area contributed by atoms with Crippen LogP contribution >= 0.6 is 0 Å². The molecule has 0 aromatic heterocycles. The monoisotopic (exact) mass is 254 g/mol. The average molecular weight is 254 g/mol. The summed E-state index contributed by atoms with van der Waals surface area (Å²) in [6.45, 7) is 17.7. The second-order valence-electron chi connectivity index (χ2n) is 7.11. The predicted molar refractivity (Wildman–Crippen MR) is 81.0 cm³/mol. The predicted octanol–water partition coefficient (Wildman–Crippen LogP) is 3.52. The Morgan fingerprint density at radius 3 is 2.33 bits per heavy atom. The first-order valence-electron chi connectivity index (χ1n) is 7.87. The maximum atomic E-state index is 3.74. The van der Waals surface area contributed by atoms with Crippen molar-refractivity contribution < 1.29 is 0 Å². The van der Waals surface area contributed by atoms with E-state index in [9.17, 15) is 0 Å². The Balaban J connectivity index is 2.59. The van der Waals surface area contributed by atoms with E-state index in [4.69, 9.17) is 0 Å². The topological polar surface area (TPSA) is 15.3 Å². The van der Waals surface area contributed by atoms with Crippen LogP contribution in [0.3, 0.4) is 0 Å². The van der Waals surface area contributed by atoms with Crippen LogP contribution in [0.15, 0.2) is 0 Å². The third kappa shape index (κ3) is 4.55. The van der Waals surface area contributed by atoms with Gasteiger partial charge in [0.25, 0.3) is 0 Å². The van der Waals surface area contributed by atoms with Gasteiger partial charge in [0.2, 0.25) is 0 Å². The molecule has 1 aliphatic rings. The van der Waals surface area contributed by atoms with Gasteiger partial charge in [0.15, 0.2) is 0 Å². The van der Waals surface area contributed by atoms with Crippen molar-refractivity contribution in [2.75, 3.05) is 19.6 Å². The minimum atomic E-state index is 0.316. The number of nitrogens with one attached hydrogen (secondary N) is 1. The molecule has 0 spiro atoms. The first-order chi connectivity index (χ1) is 8.39. The lowest BCUT2D eigenvalue weighted by molar-refractivity contribution is 0.0448. The summed E-state index contributed by atoms with van der Waals surface area (Å²) in [6, 6.07) is 0.687. The van der Waals surface area contributed by atoms with E-state index in [1.165, 1.54) is 32.4 Å². The van der Waals surface area contributed by atoms with Crippen molar-refractivity contribution in [3.8, 4) is 0 Å². The molecule has 1 N–H and O–H groups in total. The van der Waals surface area contributed by atoms with E-state index in [1.807, 2.05) is 0 Å². The Morgan fingerprint density at radius 1 is 1.22 bits per heavy atom. The number of hydrogen-bond acceptors (Lipinski definition) is 2. The zero-order valence-electron chi connectivity index (χ0n) is 13.4. The summed E-state index contributed by atoms with van der Waals surface area (Å²) in [4.78, 5) is 2.73. The van der Waals surface area contributed by atoms with E-state index in [0.717, 1.165) is 18.4 Å². The van der Waals surface area contributed by atoms with Gasteiger partial charge in [0, 0.05) is 31.2 Å². The fourth-order valence-corrected chi connectivity index (χ4v) is 2.99. The Morgan fingerprint density at radius 2 is 1.83 bits per heavy atom. The molecule has 0 aromatic rings. The SMILES string of the molecule is CCC(CC)CN1CC(CC(C)C)NCC1(C)C. The molecular weight excluding hydrogens is 220 g/mol. The smallest absolute Gasteiger partial charge is 0.0278 e. The molecule has 1 saturated heterocycles. The molecule has 1 heterocycles. The molecule has 0 aliphatic carbocycles. The molecule has 2 nitrogen and oxygen atoms in total. The van der Waals surface area contributed by atoms with Gasteiger partial charge in [0.05, 0.1) is 0 Å². The largest absolute Gasteiger partial charge is 0.311 e. The first kappa shape index (κ1) is 16.0. The maximum Gasteiger partial charge on any atom is 0.0278 e. The van der Waals surface area contributed by atoms with Gasteiger partial charge in [-0.05, 0) is 32.1 Å². The molecule has 0 bridgehead atoms. The van der Waals surface area contributed by atoms with Gasteiger partial charge >= 0.3 is 0 Å². The van der Waals surface area contributed by atoms with Crippen LogP contribution in [0.4, 0.5) is 0 Å². The quantitative estimate of drug-likeness (QED) is 0.780. The van der Waals surface area contributed by atoms with Crippen LogP contribution < -0.4 is 5.32 Å². The second-order valence-corrected chi connectivity index (χ2v) is 7.11. The van der Waals surface area contributed by atoms with Crippen LogP contribution in [-0.4, -0.2) is 36.1 Å². The van der Waals surface area contributed by atoms with Crippen molar-refractivity contribution in [1.82, 2.24) is 10.2 Å². The van der Waals surface area contributed by atoms with Crippen LogP contribution in [0.25, 0.3) is 0 Å². The number of hydrogen-bond donors (Lipinski definition) is 1. The lowest BCUT2D eigenvalue weighted by atomic mass is 9.91. The van der Waals surface area contributed by atoms with Crippen molar-refractivity contribution in [3.63, 3.8) is 0 Å². The lowest BCUT2D eigenvalue weighted by Gasteiger charge is -2.47. The summed E-state index contributed by atoms with van der Waals surface area (Å²) >= 11 is 0. The molecule has 1 rings (SSSR count). The van der Waals surface area contributed by atoms with Crippen molar-refractivity contribution in [3.05, 3.63) is 0 Å². The van der Waals surface area contributed by atoms with Gasteiger partial charge in [-0.3, -0.25) is 4.90 Å². The Labute approximate surface area is 115 Å². The van der Waals surface area contributed by atoms with Crippen molar-refractivity contribution in [2.45, 2.75) is 72.4 Å². The maximum absolute atomic E-state index is 3.74. The lowest BCUT2D eigenvalue weighted by Crippen LogP contribution is -2.62. The number of piperazine rings is 1. The van der Waals surface area contributed by atoms with Gasteiger partial charge in [0.1, 0.15) is 0 Å². The molecule has 0 radical (unpaired) electrons. The van der Waals surface area contributed by atoms with Crippen molar-refractivity contribution in [1.29, 1.82) is 0 Å². The second kappa shape index (κ2) is 6.91. The van der Waals surface area contributed by atoms with Gasteiger partial charge in [-0.15, -0.1) is 0 Å². The molecule has 18 heavy (non-hydrogen) atoms. The Bertz CT molecular complexity index is 231. The van der Waals surface area contributed by atoms with Gasteiger partial charge in [-0.2, -0.15) is 0 Å². The molecule has 1 aliphatic heterocycles. The summed E-state index contributed by atoms with van der Waals surface area (Å²) in [6.07, 6.45) is 3.92. The molecular formula is C16H34N2. The van der Waals surface area contributed by atoms with E-state index in [1.54, 1.807) is 0 Å². The molecule has 0 saturated carbocycles. The normalized spacial score (nSPS) is 25.0. The van der Waals surface area contributed by atoms with Crippen LogP contribution in [0.1, 0.15) is 60.8 Å². The van der Waals surface area contributed by atoms with E-state index in [2.05, 4.69) is 51.8 Å². The van der Waals surface area contributed by atoms with Crippen molar-refractivity contribution >= 4 is 0 Å². The highest BCUT2D eigenvalue weighted by Crippen LogP contribution is 2.24. The summed E-state index contributed by atoms with van der Waals surface area (Å²) in [5, 5.41) is 3.74. The van der Waals surface area contributed by atoms with Crippen LogP contribution in [-0.2, 0) is 0 Å². The van der Waals surface area contributed by atoms with Gasteiger partial charge < -0.3 is 5.32 Å². The summed E-state index contributed by atoms with van der Waals surface area (Å²) < 4.78 is 0. The highest BCUT2D eigenvalue weighted by molar-refractivity contribution is 4.93. The number of rotatable bonds is 6. The fourth-order valence-electron chi connectivity index (χ4n) is 2.99. The van der Waals surface area contributed by atoms with E-state index < -0.39 is 0 Å². The molecule has 2 heteroatoms. The zero-order chi connectivity index (χ0) is 13.8.